The Bertz CT molecular complexity index is 464. The van der Waals surface area contributed by atoms with Gasteiger partial charge in [-0.2, -0.15) is 0 Å². The van der Waals surface area contributed by atoms with E-state index in [-0.39, 0.29) is 11.1 Å². The summed E-state index contributed by atoms with van der Waals surface area (Å²) in [6.45, 7) is 5.66. The highest BCUT2D eigenvalue weighted by Gasteiger charge is 2.25. The molecule has 0 amide bonds. The van der Waals surface area contributed by atoms with E-state index in [0.717, 1.165) is 0 Å². The molecule has 0 aromatic rings. The van der Waals surface area contributed by atoms with Gasteiger partial charge in [0.05, 0.1) is 0 Å². The molecule has 0 spiro atoms. The summed E-state index contributed by atoms with van der Waals surface area (Å²) in [5, 5.41) is 16.6. The normalized spacial score (nSPS) is 15.4. The van der Waals surface area contributed by atoms with Crippen LogP contribution in [-0.2, 0) is 23.9 Å². The first-order valence-corrected chi connectivity index (χ1v) is 5.17. The van der Waals surface area contributed by atoms with E-state index in [1.807, 2.05) is 0 Å². The van der Waals surface area contributed by atoms with Gasteiger partial charge in [-0.05, 0) is 27.7 Å². The second-order valence-corrected chi connectivity index (χ2v) is 3.79. The van der Waals surface area contributed by atoms with Crippen LogP contribution in [0.3, 0.4) is 0 Å². The van der Waals surface area contributed by atoms with Crippen LogP contribution in [0.2, 0.25) is 0 Å². The number of hydrogen-bond donors (Lipinski definition) is 2. The van der Waals surface area contributed by atoms with Crippen molar-refractivity contribution in [1.29, 1.82) is 0 Å². The number of carbonyl (C=O) groups excluding carboxylic acids is 2. The minimum atomic E-state index is -1.19. The second-order valence-electron chi connectivity index (χ2n) is 3.79. The smallest absolute Gasteiger partial charge is 0.342 e. The molecule has 1 aliphatic rings. The number of aliphatic carboxylic acids is 2. The molecule has 0 saturated carbocycles. The Hall–Kier alpha value is -2.44. The molecule has 0 bridgehead atoms. The summed E-state index contributed by atoms with van der Waals surface area (Å²) < 4.78 is 4.23. The van der Waals surface area contributed by atoms with Gasteiger partial charge in [0, 0.05) is 22.3 Å². The molecular formula is C12H14O7. The van der Waals surface area contributed by atoms with Gasteiger partial charge in [-0.3, -0.25) is 0 Å². The van der Waals surface area contributed by atoms with E-state index >= 15 is 0 Å². The summed E-state index contributed by atoms with van der Waals surface area (Å²) in [7, 11) is 0. The predicted octanol–water partition coefficient (Wildman–Crippen LogP) is 0.898. The van der Waals surface area contributed by atoms with Crippen LogP contribution >= 0.6 is 0 Å². The molecule has 0 unspecified atom stereocenters. The molecule has 0 atom stereocenters. The molecule has 1 aliphatic heterocycles. The van der Waals surface area contributed by atoms with Crippen molar-refractivity contribution in [3.05, 3.63) is 22.3 Å². The first-order chi connectivity index (χ1) is 8.59. The molecule has 0 radical (unpaired) electrons. The van der Waals surface area contributed by atoms with Crippen LogP contribution in [-0.4, -0.2) is 34.1 Å². The van der Waals surface area contributed by atoms with E-state index in [4.69, 9.17) is 10.2 Å². The molecule has 7 heteroatoms. The first-order valence-electron chi connectivity index (χ1n) is 5.17. The fraction of sp³-hybridized carbons (Fsp3) is 0.333. The molecule has 0 aromatic carbocycles. The zero-order valence-corrected chi connectivity index (χ0v) is 10.9. The lowest BCUT2D eigenvalue weighted by atomic mass is 10.1. The zero-order valence-electron chi connectivity index (χ0n) is 10.9. The number of carboxylic acids is 2. The highest BCUT2D eigenvalue weighted by molar-refractivity contribution is 6.11. The molecule has 104 valence electrons. The van der Waals surface area contributed by atoms with E-state index < -0.39 is 23.9 Å². The van der Waals surface area contributed by atoms with Crippen LogP contribution < -0.4 is 0 Å². The molecule has 0 saturated heterocycles. The molecule has 1 rings (SSSR count). The maximum Gasteiger partial charge on any atom is 0.342 e. The van der Waals surface area contributed by atoms with Gasteiger partial charge in [-0.25, -0.2) is 19.2 Å². The van der Waals surface area contributed by atoms with Crippen molar-refractivity contribution in [2.45, 2.75) is 27.7 Å². The number of rotatable bonds is 2. The van der Waals surface area contributed by atoms with Crippen molar-refractivity contribution >= 4 is 23.9 Å². The van der Waals surface area contributed by atoms with Gasteiger partial charge < -0.3 is 14.9 Å². The van der Waals surface area contributed by atoms with Gasteiger partial charge in [0.2, 0.25) is 0 Å². The maximum absolute atomic E-state index is 10.5. The summed E-state index contributed by atoms with van der Waals surface area (Å²) in [6.07, 6.45) is 0. The average Bonchev–Trinajstić information content (AvgIpc) is 2.55. The van der Waals surface area contributed by atoms with Gasteiger partial charge in [0.25, 0.3) is 0 Å². The van der Waals surface area contributed by atoms with Crippen LogP contribution in [0.5, 0.6) is 0 Å². The molecule has 19 heavy (non-hydrogen) atoms. The lowest BCUT2D eigenvalue weighted by Crippen LogP contribution is -2.06. The summed E-state index contributed by atoms with van der Waals surface area (Å²) in [5.74, 6) is -3.42. The average molecular weight is 270 g/mol. The lowest BCUT2D eigenvalue weighted by molar-refractivity contribution is -0.151. The van der Waals surface area contributed by atoms with Gasteiger partial charge >= 0.3 is 23.9 Å². The number of ether oxygens (including phenoxy) is 1. The number of cyclic esters (lactones) is 2. The van der Waals surface area contributed by atoms with Gasteiger partial charge in [-0.1, -0.05) is 0 Å². The van der Waals surface area contributed by atoms with Crippen LogP contribution in [0, 0.1) is 0 Å². The largest absolute Gasteiger partial charge is 0.478 e. The molecular weight excluding hydrogens is 256 g/mol. The van der Waals surface area contributed by atoms with E-state index in [0.29, 0.717) is 11.1 Å². The van der Waals surface area contributed by atoms with Crippen LogP contribution in [0.1, 0.15) is 27.7 Å². The van der Waals surface area contributed by atoms with Crippen molar-refractivity contribution in [2.24, 2.45) is 0 Å². The van der Waals surface area contributed by atoms with Crippen LogP contribution in [0.25, 0.3) is 0 Å². The Balaban J connectivity index is 0.000000342. The Kier molecular flexibility index (Phi) is 5.65. The van der Waals surface area contributed by atoms with Gasteiger partial charge in [0.1, 0.15) is 0 Å². The van der Waals surface area contributed by atoms with E-state index in [9.17, 15) is 19.2 Å². The Morgan fingerprint density at radius 1 is 0.842 bits per heavy atom. The van der Waals surface area contributed by atoms with Gasteiger partial charge in [-0.15, -0.1) is 0 Å². The fourth-order valence-corrected chi connectivity index (χ4v) is 0.864. The van der Waals surface area contributed by atoms with E-state index in [1.54, 1.807) is 13.8 Å². The lowest BCUT2D eigenvalue weighted by Gasteiger charge is -1.95. The number of carboxylic acid groups (broad SMARTS) is 2. The molecule has 0 aromatic heterocycles. The van der Waals surface area contributed by atoms with Gasteiger partial charge in [0.15, 0.2) is 0 Å². The monoisotopic (exact) mass is 270 g/mol. The first kappa shape index (κ1) is 16.6. The highest BCUT2D eigenvalue weighted by Crippen LogP contribution is 2.14. The van der Waals surface area contributed by atoms with Crippen molar-refractivity contribution in [1.82, 2.24) is 0 Å². The minimum absolute atomic E-state index is 0.132. The SMILES string of the molecule is C/C(C(=O)O)=C(\C)C(=O)O.CC1=C(C)C(=O)OC1=O. The number of hydrogen-bond acceptors (Lipinski definition) is 5. The number of esters is 2. The van der Waals surface area contributed by atoms with E-state index in [2.05, 4.69) is 4.74 Å². The Morgan fingerprint density at radius 2 is 1.11 bits per heavy atom. The van der Waals surface area contributed by atoms with E-state index in [1.165, 1.54) is 13.8 Å². The molecule has 0 aliphatic carbocycles. The Morgan fingerprint density at radius 3 is 1.21 bits per heavy atom. The standard InChI is InChI=1S/C6H8O4.C6H6O3/c1-3(5(7)8)4(2)6(9)10;1-3-4(2)6(8)9-5(3)7/h1-2H3,(H,7,8)(H,9,10);1-2H3/b4-3-;. The van der Waals surface area contributed by atoms with Crippen molar-refractivity contribution in [2.75, 3.05) is 0 Å². The quantitative estimate of drug-likeness (QED) is 0.434. The number of carbonyl (C=O) groups is 4. The predicted molar refractivity (Wildman–Crippen MR) is 63.1 cm³/mol. The third-order valence-electron chi connectivity index (χ3n) is 2.56. The molecule has 7 nitrogen and oxygen atoms in total. The zero-order chi connectivity index (χ0) is 15.3. The highest BCUT2D eigenvalue weighted by atomic mass is 16.6. The van der Waals surface area contributed by atoms with Crippen molar-refractivity contribution < 1.29 is 34.1 Å². The fourth-order valence-electron chi connectivity index (χ4n) is 0.864. The van der Waals surface area contributed by atoms with Crippen molar-refractivity contribution in [3.8, 4) is 0 Å². The summed E-state index contributed by atoms with van der Waals surface area (Å²) >= 11 is 0. The molecule has 1 heterocycles. The van der Waals surface area contributed by atoms with Crippen LogP contribution in [0.4, 0.5) is 0 Å². The Labute approximate surface area is 109 Å². The summed E-state index contributed by atoms with van der Waals surface area (Å²) in [4.78, 5) is 41.2. The third kappa shape index (κ3) is 4.38. The maximum atomic E-state index is 10.5. The summed E-state index contributed by atoms with van der Waals surface area (Å²) in [6, 6.07) is 0. The topological polar surface area (TPSA) is 118 Å². The third-order valence-corrected chi connectivity index (χ3v) is 2.56. The minimum Gasteiger partial charge on any atom is -0.478 e. The van der Waals surface area contributed by atoms with Crippen LogP contribution in [0.15, 0.2) is 22.3 Å². The molecule has 0 fully saturated rings. The van der Waals surface area contributed by atoms with Crippen molar-refractivity contribution in [3.63, 3.8) is 0 Å². The summed E-state index contributed by atoms with van der Waals surface area (Å²) in [5.41, 5.74) is 0.569. The second kappa shape index (κ2) is 6.48. The molecule has 2 N–H and O–H groups in total.